The Morgan fingerprint density at radius 1 is 1.06 bits per heavy atom. The van der Waals surface area contributed by atoms with Crippen LogP contribution in [-0.4, -0.2) is 64.3 Å². The third kappa shape index (κ3) is 5.26. The molecule has 1 aliphatic rings. The van der Waals surface area contributed by atoms with E-state index in [1.165, 1.54) is 0 Å². The third-order valence-corrected chi connectivity index (χ3v) is 6.29. The van der Waals surface area contributed by atoms with E-state index in [0.717, 1.165) is 42.9 Å². The van der Waals surface area contributed by atoms with Crippen molar-refractivity contribution in [2.45, 2.75) is 38.8 Å². The summed E-state index contributed by atoms with van der Waals surface area (Å²) in [6, 6.07) is 22.9. The molecule has 1 aromatic heterocycles. The molecule has 1 fully saturated rings. The van der Waals surface area contributed by atoms with Crippen molar-refractivity contribution in [2.75, 3.05) is 32.0 Å². The molecule has 168 valence electrons. The normalized spacial score (nSPS) is 15.4. The Bertz CT molecular complexity index is 1010. The number of benzene rings is 2. The third-order valence-electron chi connectivity index (χ3n) is 6.29. The Kier molecular flexibility index (Phi) is 7.02. The van der Waals surface area contributed by atoms with Crippen molar-refractivity contribution in [1.29, 1.82) is 0 Å². The molecule has 0 saturated carbocycles. The molecule has 2 heterocycles. The van der Waals surface area contributed by atoms with Crippen molar-refractivity contribution in [3.8, 4) is 16.9 Å². The van der Waals surface area contributed by atoms with Crippen LogP contribution in [0.2, 0.25) is 0 Å². The molecule has 0 atom stereocenters. The summed E-state index contributed by atoms with van der Waals surface area (Å²) in [7, 11) is 2.05. The fraction of sp³-hybridized carbons (Fsp3) is 0.385. The molecule has 0 spiro atoms. The first-order valence-electron chi connectivity index (χ1n) is 11.5. The van der Waals surface area contributed by atoms with Crippen LogP contribution < -0.4 is 5.32 Å². The highest BCUT2D eigenvalue weighted by atomic mass is 16.2. The number of carbonyl (C=O) groups is 1. The smallest absolute Gasteiger partial charge is 0.239 e. The number of nitrogens with one attached hydrogen (secondary N) is 1. The zero-order chi connectivity index (χ0) is 22.5. The Balaban J connectivity index is 1.47. The van der Waals surface area contributed by atoms with Crippen LogP contribution in [-0.2, 0) is 4.79 Å². The standard InChI is InChI=1S/C26H33N5O/c1-20(2)30-16-14-22(15-17-30)29(3)19-26(32)27-25-18-24(21-10-6-4-7-11-21)28-31(25)23-12-8-5-9-13-23/h4-13,18,20,22H,14-17,19H2,1-3H3,(H,27,32). The first kappa shape index (κ1) is 22.2. The number of likely N-dealkylation sites (tertiary alicyclic amines) is 1. The van der Waals surface area contributed by atoms with Gasteiger partial charge >= 0.3 is 0 Å². The fourth-order valence-electron chi connectivity index (χ4n) is 4.37. The van der Waals surface area contributed by atoms with Crippen LogP contribution in [0.1, 0.15) is 26.7 Å². The Labute approximate surface area is 190 Å². The minimum Gasteiger partial charge on any atom is -0.309 e. The molecule has 0 unspecified atom stereocenters. The van der Waals surface area contributed by atoms with Gasteiger partial charge in [0, 0.05) is 23.7 Å². The number of para-hydroxylation sites is 1. The number of piperidine rings is 1. The van der Waals surface area contributed by atoms with Crippen LogP contribution in [0.25, 0.3) is 16.9 Å². The number of nitrogens with zero attached hydrogens (tertiary/aromatic N) is 4. The number of carbonyl (C=O) groups excluding carboxylic acids is 1. The second-order valence-corrected chi connectivity index (χ2v) is 8.85. The molecule has 6 nitrogen and oxygen atoms in total. The van der Waals surface area contributed by atoms with Crippen molar-refractivity contribution in [1.82, 2.24) is 19.6 Å². The minimum atomic E-state index is -0.0181. The Morgan fingerprint density at radius 3 is 2.31 bits per heavy atom. The Hall–Kier alpha value is -2.96. The summed E-state index contributed by atoms with van der Waals surface area (Å²) < 4.78 is 1.81. The molecule has 1 N–H and O–H groups in total. The lowest BCUT2D eigenvalue weighted by Crippen LogP contribution is -2.47. The summed E-state index contributed by atoms with van der Waals surface area (Å²) in [6.45, 7) is 7.05. The summed E-state index contributed by atoms with van der Waals surface area (Å²) in [5.41, 5.74) is 2.77. The monoisotopic (exact) mass is 431 g/mol. The molecule has 6 heteroatoms. The summed E-state index contributed by atoms with van der Waals surface area (Å²) in [6.07, 6.45) is 2.20. The first-order chi connectivity index (χ1) is 15.5. The zero-order valence-electron chi connectivity index (χ0n) is 19.2. The van der Waals surface area contributed by atoms with Crippen molar-refractivity contribution >= 4 is 11.7 Å². The Morgan fingerprint density at radius 2 is 1.69 bits per heavy atom. The van der Waals surface area contributed by atoms with Crippen LogP contribution >= 0.6 is 0 Å². The highest BCUT2D eigenvalue weighted by Crippen LogP contribution is 2.25. The molecule has 0 bridgehead atoms. The van der Waals surface area contributed by atoms with Crippen LogP contribution in [0, 0.1) is 0 Å². The molecular formula is C26H33N5O. The lowest BCUT2D eigenvalue weighted by atomic mass is 10.0. The molecular weight excluding hydrogens is 398 g/mol. The van der Waals surface area contributed by atoms with Gasteiger partial charge in [0.2, 0.25) is 5.91 Å². The summed E-state index contributed by atoms with van der Waals surface area (Å²) in [5.74, 6) is 0.665. The van der Waals surface area contributed by atoms with E-state index in [1.807, 2.05) is 66.7 Å². The molecule has 2 aromatic carbocycles. The van der Waals surface area contributed by atoms with E-state index >= 15 is 0 Å². The highest BCUT2D eigenvalue weighted by Gasteiger charge is 2.25. The van der Waals surface area contributed by atoms with Gasteiger partial charge in [-0.25, -0.2) is 4.68 Å². The van der Waals surface area contributed by atoms with E-state index in [9.17, 15) is 4.79 Å². The van der Waals surface area contributed by atoms with Gasteiger partial charge < -0.3 is 10.2 Å². The summed E-state index contributed by atoms with van der Waals surface area (Å²) in [5, 5.41) is 7.89. The maximum atomic E-state index is 13.0. The lowest BCUT2D eigenvalue weighted by molar-refractivity contribution is -0.117. The molecule has 1 saturated heterocycles. The zero-order valence-corrected chi connectivity index (χ0v) is 19.2. The van der Waals surface area contributed by atoms with E-state index in [2.05, 4.69) is 36.0 Å². The highest BCUT2D eigenvalue weighted by molar-refractivity contribution is 5.92. The molecule has 1 aliphatic heterocycles. The van der Waals surface area contributed by atoms with Gasteiger partial charge in [-0.15, -0.1) is 0 Å². The number of hydrogen-bond acceptors (Lipinski definition) is 4. The molecule has 1 amide bonds. The van der Waals surface area contributed by atoms with Gasteiger partial charge in [0.25, 0.3) is 0 Å². The van der Waals surface area contributed by atoms with Crippen molar-refractivity contribution < 1.29 is 4.79 Å². The van der Waals surface area contributed by atoms with E-state index in [0.29, 0.717) is 24.4 Å². The fourth-order valence-corrected chi connectivity index (χ4v) is 4.37. The van der Waals surface area contributed by atoms with E-state index < -0.39 is 0 Å². The molecule has 0 aliphatic carbocycles. The first-order valence-corrected chi connectivity index (χ1v) is 11.5. The van der Waals surface area contributed by atoms with Gasteiger partial charge in [0.05, 0.1) is 17.9 Å². The molecule has 0 radical (unpaired) electrons. The number of rotatable bonds is 7. The van der Waals surface area contributed by atoms with Gasteiger partial charge in [0.1, 0.15) is 5.82 Å². The quantitative estimate of drug-likeness (QED) is 0.607. The van der Waals surface area contributed by atoms with E-state index in [1.54, 1.807) is 4.68 Å². The van der Waals surface area contributed by atoms with Crippen LogP contribution in [0.15, 0.2) is 66.7 Å². The van der Waals surface area contributed by atoms with Gasteiger partial charge in [-0.3, -0.25) is 9.69 Å². The predicted molar refractivity (Wildman–Crippen MR) is 130 cm³/mol. The number of aromatic nitrogens is 2. The second-order valence-electron chi connectivity index (χ2n) is 8.85. The average Bonchev–Trinajstić information content (AvgIpc) is 3.24. The molecule has 4 rings (SSSR count). The number of hydrogen-bond donors (Lipinski definition) is 1. The second kappa shape index (κ2) is 10.1. The maximum Gasteiger partial charge on any atom is 0.239 e. The largest absolute Gasteiger partial charge is 0.309 e. The van der Waals surface area contributed by atoms with E-state index in [4.69, 9.17) is 5.10 Å². The van der Waals surface area contributed by atoms with Crippen LogP contribution in [0.3, 0.4) is 0 Å². The summed E-state index contributed by atoms with van der Waals surface area (Å²) >= 11 is 0. The average molecular weight is 432 g/mol. The molecule has 32 heavy (non-hydrogen) atoms. The van der Waals surface area contributed by atoms with Gasteiger partial charge in [-0.2, -0.15) is 5.10 Å². The number of anilines is 1. The van der Waals surface area contributed by atoms with Gasteiger partial charge in [-0.1, -0.05) is 48.5 Å². The van der Waals surface area contributed by atoms with Crippen molar-refractivity contribution in [3.63, 3.8) is 0 Å². The predicted octanol–water partition coefficient (Wildman–Crippen LogP) is 4.28. The van der Waals surface area contributed by atoms with E-state index in [-0.39, 0.29) is 5.91 Å². The van der Waals surface area contributed by atoms with Gasteiger partial charge in [-0.05, 0) is 59.0 Å². The van der Waals surface area contributed by atoms with Crippen LogP contribution in [0.5, 0.6) is 0 Å². The number of amides is 1. The van der Waals surface area contributed by atoms with Crippen molar-refractivity contribution in [3.05, 3.63) is 66.7 Å². The maximum absolute atomic E-state index is 13.0. The van der Waals surface area contributed by atoms with Crippen LogP contribution in [0.4, 0.5) is 5.82 Å². The van der Waals surface area contributed by atoms with Gasteiger partial charge in [0.15, 0.2) is 0 Å². The number of likely N-dealkylation sites (N-methyl/N-ethyl adjacent to an activating group) is 1. The molecule has 3 aromatic rings. The lowest BCUT2D eigenvalue weighted by Gasteiger charge is -2.38. The topological polar surface area (TPSA) is 53.4 Å². The van der Waals surface area contributed by atoms with Crippen molar-refractivity contribution in [2.24, 2.45) is 0 Å². The minimum absolute atomic E-state index is 0.0181. The summed E-state index contributed by atoms with van der Waals surface area (Å²) in [4.78, 5) is 17.7. The SMILES string of the molecule is CC(C)N1CCC(N(C)CC(=O)Nc2cc(-c3ccccc3)nn2-c2ccccc2)CC1.